The van der Waals surface area contributed by atoms with Crippen LogP contribution in [0.1, 0.15) is 37.6 Å². The van der Waals surface area contributed by atoms with E-state index in [1.165, 1.54) is 12.1 Å². The van der Waals surface area contributed by atoms with Crippen LogP contribution in [0.4, 0.5) is 13.2 Å². The van der Waals surface area contributed by atoms with Gasteiger partial charge in [-0.05, 0) is 81.8 Å². The van der Waals surface area contributed by atoms with Crippen LogP contribution in [0.15, 0.2) is 71.6 Å². The van der Waals surface area contributed by atoms with Crippen LogP contribution >= 0.6 is 11.8 Å². The summed E-state index contributed by atoms with van der Waals surface area (Å²) in [7, 11) is 0. The standard InChI is InChI=1S/C28H27F3N2O3S/c1-18-15-21(13-14-25(18)35-16-26(34)36-27(2,3)4)37-17-23-22-7-5-6-8-24(22)33(32-23)20-11-9-19(10-12-20)28(29,30)31/h5-15H,16-17H2,1-4H3. The van der Waals surface area contributed by atoms with Gasteiger partial charge in [-0.25, -0.2) is 9.48 Å². The number of esters is 1. The molecule has 0 saturated heterocycles. The zero-order valence-electron chi connectivity index (χ0n) is 20.9. The number of alkyl halides is 3. The molecule has 0 aliphatic rings. The Labute approximate surface area is 217 Å². The molecule has 0 aliphatic carbocycles. The van der Waals surface area contributed by atoms with Gasteiger partial charge in [0.05, 0.1) is 22.5 Å². The van der Waals surface area contributed by atoms with Crippen LogP contribution in [0.2, 0.25) is 0 Å². The normalized spacial score (nSPS) is 12.1. The summed E-state index contributed by atoms with van der Waals surface area (Å²) in [4.78, 5) is 12.9. The van der Waals surface area contributed by atoms with Gasteiger partial charge in [-0.15, -0.1) is 11.8 Å². The van der Waals surface area contributed by atoms with E-state index in [1.54, 1.807) is 37.2 Å². The summed E-state index contributed by atoms with van der Waals surface area (Å²) in [6, 6.07) is 18.3. The molecule has 0 bridgehead atoms. The molecule has 0 saturated carbocycles. The second-order valence-corrected chi connectivity index (χ2v) is 10.6. The Morgan fingerprint density at radius 2 is 1.70 bits per heavy atom. The molecule has 0 aliphatic heterocycles. The number of fused-ring (bicyclic) bond motifs is 1. The van der Waals surface area contributed by atoms with E-state index in [0.29, 0.717) is 17.2 Å². The fourth-order valence-corrected chi connectivity index (χ4v) is 4.70. The van der Waals surface area contributed by atoms with Crippen LogP contribution in [0.3, 0.4) is 0 Å². The van der Waals surface area contributed by atoms with Gasteiger partial charge in [-0.1, -0.05) is 18.2 Å². The number of carbonyl (C=O) groups excluding carboxylic acids is 1. The van der Waals surface area contributed by atoms with E-state index in [4.69, 9.17) is 14.6 Å². The Morgan fingerprint density at radius 1 is 1.00 bits per heavy atom. The molecule has 0 fully saturated rings. The van der Waals surface area contributed by atoms with Gasteiger partial charge < -0.3 is 9.47 Å². The van der Waals surface area contributed by atoms with E-state index < -0.39 is 23.3 Å². The minimum Gasteiger partial charge on any atom is -0.482 e. The lowest BCUT2D eigenvalue weighted by molar-refractivity contribution is -0.157. The molecule has 194 valence electrons. The summed E-state index contributed by atoms with van der Waals surface area (Å²) >= 11 is 1.59. The van der Waals surface area contributed by atoms with Gasteiger partial charge in [0.2, 0.25) is 0 Å². The Bertz CT molecular complexity index is 1410. The molecular formula is C28H27F3N2O3S. The van der Waals surface area contributed by atoms with Crippen LogP contribution in [-0.2, 0) is 21.5 Å². The van der Waals surface area contributed by atoms with Gasteiger partial charge in [-0.2, -0.15) is 18.3 Å². The van der Waals surface area contributed by atoms with Crippen LogP contribution in [0, 0.1) is 6.92 Å². The van der Waals surface area contributed by atoms with Crippen LogP contribution in [0.25, 0.3) is 16.6 Å². The number of ether oxygens (including phenoxy) is 2. The van der Waals surface area contributed by atoms with Crippen molar-refractivity contribution in [2.24, 2.45) is 0 Å². The van der Waals surface area contributed by atoms with Gasteiger partial charge in [-0.3, -0.25) is 0 Å². The Balaban J connectivity index is 1.48. The number of hydrogen-bond acceptors (Lipinski definition) is 5. The molecule has 0 radical (unpaired) electrons. The monoisotopic (exact) mass is 528 g/mol. The zero-order valence-corrected chi connectivity index (χ0v) is 21.7. The third kappa shape index (κ3) is 6.65. The van der Waals surface area contributed by atoms with Crippen molar-refractivity contribution in [3.63, 3.8) is 0 Å². The Hall–Kier alpha value is -3.46. The average Bonchev–Trinajstić information content (AvgIpc) is 3.19. The lowest BCUT2D eigenvalue weighted by Crippen LogP contribution is -2.27. The van der Waals surface area contributed by atoms with Crippen LogP contribution < -0.4 is 4.74 Å². The van der Waals surface area contributed by atoms with Gasteiger partial charge in [0.1, 0.15) is 11.4 Å². The van der Waals surface area contributed by atoms with E-state index in [9.17, 15) is 18.0 Å². The van der Waals surface area contributed by atoms with Crippen molar-refractivity contribution in [2.45, 2.75) is 50.1 Å². The molecule has 1 heterocycles. The van der Waals surface area contributed by atoms with Gasteiger partial charge in [0.15, 0.2) is 6.61 Å². The number of aryl methyl sites for hydroxylation is 1. The van der Waals surface area contributed by atoms with Crippen LogP contribution in [0.5, 0.6) is 5.75 Å². The number of benzene rings is 3. The predicted molar refractivity (Wildman–Crippen MR) is 138 cm³/mol. The highest BCUT2D eigenvalue weighted by molar-refractivity contribution is 7.98. The molecule has 0 unspecified atom stereocenters. The van der Waals surface area contributed by atoms with Crippen molar-refractivity contribution >= 4 is 28.6 Å². The number of carbonyl (C=O) groups is 1. The summed E-state index contributed by atoms with van der Waals surface area (Å²) in [5.74, 6) is 0.735. The number of aromatic nitrogens is 2. The molecule has 0 amide bonds. The summed E-state index contributed by atoms with van der Waals surface area (Å²) in [6.45, 7) is 7.15. The molecular weight excluding hydrogens is 501 g/mol. The molecule has 3 aromatic carbocycles. The van der Waals surface area contributed by atoms with E-state index in [2.05, 4.69) is 0 Å². The van der Waals surface area contributed by atoms with Crippen molar-refractivity contribution in [2.75, 3.05) is 6.61 Å². The third-order valence-corrected chi connectivity index (χ3v) is 6.40. The van der Waals surface area contributed by atoms with E-state index in [0.717, 1.165) is 39.2 Å². The maximum Gasteiger partial charge on any atom is 0.416 e. The topological polar surface area (TPSA) is 53.4 Å². The first-order valence-electron chi connectivity index (χ1n) is 11.6. The number of para-hydroxylation sites is 1. The van der Waals surface area contributed by atoms with Crippen molar-refractivity contribution in [3.05, 3.63) is 83.6 Å². The molecule has 5 nitrogen and oxygen atoms in total. The van der Waals surface area contributed by atoms with Crippen LogP contribution in [-0.4, -0.2) is 28.0 Å². The molecule has 0 spiro atoms. The number of thioether (sulfide) groups is 1. The first-order valence-corrected chi connectivity index (χ1v) is 12.6. The molecule has 4 aromatic rings. The molecule has 0 N–H and O–H groups in total. The quantitative estimate of drug-likeness (QED) is 0.185. The minimum atomic E-state index is -4.39. The lowest BCUT2D eigenvalue weighted by atomic mass is 10.2. The Morgan fingerprint density at radius 3 is 2.35 bits per heavy atom. The van der Waals surface area contributed by atoms with E-state index >= 15 is 0 Å². The Kier molecular flexibility index (Phi) is 7.54. The van der Waals surface area contributed by atoms with Gasteiger partial charge >= 0.3 is 12.1 Å². The molecule has 1 aromatic heterocycles. The maximum absolute atomic E-state index is 13.0. The molecule has 4 rings (SSSR count). The third-order valence-electron chi connectivity index (χ3n) is 5.39. The smallest absolute Gasteiger partial charge is 0.416 e. The van der Waals surface area contributed by atoms with Crippen molar-refractivity contribution in [1.82, 2.24) is 9.78 Å². The highest BCUT2D eigenvalue weighted by atomic mass is 32.2. The second kappa shape index (κ2) is 10.5. The average molecular weight is 529 g/mol. The fourth-order valence-electron chi connectivity index (χ4n) is 3.76. The van der Waals surface area contributed by atoms with Crippen molar-refractivity contribution in [1.29, 1.82) is 0 Å². The summed E-state index contributed by atoms with van der Waals surface area (Å²) in [5.41, 5.74) is 1.82. The first kappa shape index (κ1) is 26.6. The van der Waals surface area contributed by atoms with E-state index in [-0.39, 0.29) is 6.61 Å². The highest BCUT2D eigenvalue weighted by Crippen LogP contribution is 2.33. The summed E-state index contributed by atoms with van der Waals surface area (Å²) in [6.07, 6.45) is -4.39. The molecule has 9 heteroatoms. The fraction of sp³-hybridized carbons (Fsp3) is 0.286. The maximum atomic E-state index is 13.0. The summed E-state index contributed by atoms with van der Waals surface area (Å²) in [5, 5.41) is 5.66. The van der Waals surface area contributed by atoms with Gasteiger partial charge in [0, 0.05) is 16.0 Å². The van der Waals surface area contributed by atoms with Crippen molar-refractivity contribution in [3.8, 4) is 11.4 Å². The number of halogens is 3. The van der Waals surface area contributed by atoms with E-state index in [1.807, 2.05) is 49.4 Å². The summed E-state index contributed by atoms with van der Waals surface area (Å²) < 4.78 is 51.5. The second-order valence-electron chi connectivity index (χ2n) is 9.51. The largest absolute Gasteiger partial charge is 0.482 e. The zero-order chi connectivity index (χ0) is 26.8. The SMILES string of the molecule is Cc1cc(SCc2nn(-c3ccc(C(F)(F)F)cc3)c3ccccc23)ccc1OCC(=O)OC(C)(C)C. The first-order chi connectivity index (χ1) is 17.4. The predicted octanol–water partition coefficient (Wildman–Crippen LogP) is 7.37. The highest BCUT2D eigenvalue weighted by Gasteiger charge is 2.30. The number of nitrogens with zero attached hydrogens (tertiary/aromatic N) is 2. The molecule has 37 heavy (non-hydrogen) atoms. The lowest BCUT2D eigenvalue weighted by Gasteiger charge is -2.19. The number of rotatable bonds is 7. The number of hydrogen-bond donors (Lipinski definition) is 0. The molecule has 0 atom stereocenters. The minimum absolute atomic E-state index is 0.169. The van der Waals surface area contributed by atoms with Crippen molar-refractivity contribution < 1.29 is 27.4 Å². The van der Waals surface area contributed by atoms with Gasteiger partial charge in [0.25, 0.3) is 0 Å².